The molecule has 0 bridgehead atoms. The SMILES string of the molecule is COc1cccc(C2=C[C@H](c3ccco3)N(C(=O)c3cccs3)N2)c1. The first-order valence-electron chi connectivity index (χ1n) is 7.79. The van der Waals surface area contributed by atoms with Crippen molar-refractivity contribution in [1.82, 2.24) is 10.4 Å². The summed E-state index contributed by atoms with van der Waals surface area (Å²) in [7, 11) is 1.63. The Kier molecular flexibility index (Phi) is 4.03. The van der Waals surface area contributed by atoms with E-state index in [1.807, 2.05) is 60.0 Å². The highest BCUT2D eigenvalue weighted by Gasteiger charge is 2.33. The first kappa shape index (κ1) is 15.5. The highest BCUT2D eigenvalue weighted by molar-refractivity contribution is 7.12. The number of thiophene rings is 1. The Labute approximate surface area is 149 Å². The summed E-state index contributed by atoms with van der Waals surface area (Å²) in [4.78, 5) is 13.6. The standard InChI is InChI=1S/C19H16N2O3S/c1-23-14-6-2-5-13(11-14)15-12-16(17-7-3-9-24-17)21(20-15)19(22)18-8-4-10-25-18/h2-12,16,20H,1H3/t16-/m1/s1. The van der Waals surface area contributed by atoms with Crippen LogP contribution in [0.3, 0.4) is 0 Å². The Hall–Kier alpha value is -2.99. The highest BCUT2D eigenvalue weighted by Crippen LogP contribution is 2.33. The molecule has 0 aliphatic carbocycles. The van der Waals surface area contributed by atoms with E-state index in [0.717, 1.165) is 17.0 Å². The number of carbonyl (C=O) groups is 1. The number of benzene rings is 1. The molecule has 0 saturated carbocycles. The van der Waals surface area contributed by atoms with Crippen molar-refractivity contribution in [2.75, 3.05) is 7.11 Å². The lowest BCUT2D eigenvalue weighted by molar-refractivity contribution is 0.0660. The molecule has 2 aromatic heterocycles. The molecule has 25 heavy (non-hydrogen) atoms. The first-order valence-corrected chi connectivity index (χ1v) is 8.67. The van der Waals surface area contributed by atoms with Crippen molar-refractivity contribution in [2.45, 2.75) is 6.04 Å². The zero-order chi connectivity index (χ0) is 17.2. The third-order valence-corrected chi connectivity index (χ3v) is 4.87. The lowest BCUT2D eigenvalue weighted by Crippen LogP contribution is -2.39. The molecule has 1 aliphatic rings. The summed E-state index contributed by atoms with van der Waals surface area (Å²) in [6.07, 6.45) is 3.60. The van der Waals surface area contributed by atoms with Crippen molar-refractivity contribution < 1.29 is 13.9 Å². The Morgan fingerprint density at radius 2 is 2.16 bits per heavy atom. The molecule has 0 radical (unpaired) electrons. The van der Waals surface area contributed by atoms with Crippen LogP contribution in [0.25, 0.3) is 5.70 Å². The molecule has 3 aromatic rings. The van der Waals surface area contributed by atoms with E-state index in [2.05, 4.69) is 5.43 Å². The van der Waals surface area contributed by atoms with Crippen LogP contribution in [0, 0.1) is 0 Å². The molecular formula is C19H16N2O3S. The Morgan fingerprint density at radius 1 is 1.24 bits per heavy atom. The third kappa shape index (κ3) is 2.92. The van der Waals surface area contributed by atoms with Crippen molar-refractivity contribution >= 4 is 22.9 Å². The van der Waals surface area contributed by atoms with Gasteiger partial charge in [-0.25, -0.2) is 5.01 Å². The van der Waals surface area contributed by atoms with Crippen LogP contribution in [0.1, 0.15) is 27.0 Å². The van der Waals surface area contributed by atoms with Crippen LogP contribution in [0.2, 0.25) is 0 Å². The second-order valence-electron chi connectivity index (χ2n) is 5.54. The molecule has 0 spiro atoms. The number of ether oxygens (including phenoxy) is 1. The van der Waals surface area contributed by atoms with Crippen molar-refractivity contribution in [3.8, 4) is 5.75 Å². The quantitative estimate of drug-likeness (QED) is 0.768. The van der Waals surface area contributed by atoms with Crippen LogP contribution >= 0.6 is 11.3 Å². The van der Waals surface area contributed by atoms with E-state index in [1.165, 1.54) is 11.3 Å². The summed E-state index contributed by atoms with van der Waals surface area (Å²) in [5.74, 6) is 1.37. The fraction of sp³-hybridized carbons (Fsp3) is 0.105. The van der Waals surface area contributed by atoms with Gasteiger partial charge in [-0.15, -0.1) is 11.3 Å². The van der Waals surface area contributed by atoms with E-state index in [4.69, 9.17) is 9.15 Å². The lowest BCUT2D eigenvalue weighted by atomic mass is 10.1. The average Bonchev–Trinajstić information content (AvgIpc) is 3.42. The van der Waals surface area contributed by atoms with E-state index in [0.29, 0.717) is 10.6 Å². The van der Waals surface area contributed by atoms with Gasteiger partial charge >= 0.3 is 0 Å². The van der Waals surface area contributed by atoms with Gasteiger partial charge in [0.05, 0.1) is 23.9 Å². The summed E-state index contributed by atoms with van der Waals surface area (Å²) in [6, 6.07) is 14.8. The number of rotatable bonds is 4. The van der Waals surface area contributed by atoms with Gasteiger partial charge in [-0.1, -0.05) is 18.2 Å². The maximum absolute atomic E-state index is 12.9. The minimum Gasteiger partial charge on any atom is -0.497 e. The first-order chi connectivity index (χ1) is 12.3. The van der Waals surface area contributed by atoms with Crippen LogP contribution in [-0.4, -0.2) is 18.0 Å². The molecule has 6 heteroatoms. The molecule has 1 N–H and O–H groups in total. The average molecular weight is 352 g/mol. The molecular weight excluding hydrogens is 336 g/mol. The zero-order valence-electron chi connectivity index (χ0n) is 13.5. The second-order valence-corrected chi connectivity index (χ2v) is 6.48. The normalized spacial score (nSPS) is 16.4. The molecule has 1 amide bonds. The summed E-state index contributed by atoms with van der Waals surface area (Å²) >= 11 is 1.42. The van der Waals surface area contributed by atoms with Gasteiger partial charge in [-0.2, -0.15) is 0 Å². The van der Waals surface area contributed by atoms with E-state index < -0.39 is 0 Å². The highest BCUT2D eigenvalue weighted by atomic mass is 32.1. The van der Waals surface area contributed by atoms with Crippen LogP contribution in [0.15, 0.2) is 70.7 Å². The van der Waals surface area contributed by atoms with Gasteiger partial charge < -0.3 is 9.15 Å². The zero-order valence-corrected chi connectivity index (χ0v) is 14.3. The van der Waals surface area contributed by atoms with E-state index in [9.17, 15) is 4.79 Å². The van der Waals surface area contributed by atoms with Crippen molar-refractivity contribution in [3.63, 3.8) is 0 Å². The monoisotopic (exact) mass is 352 g/mol. The minimum absolute atomic E-state index is 0.0921. The van der Waals surface area contributed by atoms with Gasteiger partial charge in [0.2, 0.25) is 0 Å². The van der Waals surface area contributed by atoms with Gasteiger partial charge in [-0.05, 0) is 41.8 Å². The summed E-state index contributed by atoms with van der Waals surface area (Å²) < 4.78 is 10.8. The van der Waals surface area contributed by atoms with E-state index in [-0.39, 0.29) is 11.9 Å². The maximum atomic E-state index is 12.9. The van der Waals surface area contributed by atoms with Gasteiger partial charge in [0.25, 0.3) is 5.91 Å². The molecule has 1 atom stereocenters. The fourth-order valence-corrected chi connectivity index (χ4v) is 3.45. The second kappa shape index (κ2) is 6.49. The molecule has 0 unspecified atom stereocenters. The summed E-state index contributed by atoms with van der Waals surface area (Å²) in [5, 5.41) is 3.49. The molecule has 1 aromatic carbocycles. The topological polar surface area (TPSA) is 54.7 Å². The fourth-order valence-electron chi connectivity index (χ4n) is 2.79. The third-order valence-electron chi connectivity index (χ3n) is 4.01. The van der Waals surface area contributed by atoms with Crippen LogP contribution in [0.5, 0.6) is 5.75 Å². The summed E-state index contributed by atoms with van der Waals surface area (Å²) in [6.45, 7) is 0. The number of carbonyl (C=O) groups excluding carboxylic acids is 1. The number of hydrazine groups is 1. The Morgan fingerprint density at radius 3 is 2.88 bits per heavy atom. The van der Waals surface area contributed by atoms with Gasteiger partial charge in [0, 0.05) is 5.56 Å². The lowest BCUT2D eigenvalue weighted by Gasteiger charge is -2.23. The number of furan rings is 1. The number of hydrogen-bond donors (Lipinski definition) is 1. The number of amides is 1. The van der Waals surface area contributed by atoms with Gasteiger partial charge in [-0.3, -0.25) is 10.2 Å². The largest absolute Gasteiger partial charge is 0.497 e. The molecule has 4 rings (SSSR count). The molecule has 3 heterocycles. The number of methoxy groups -OCH3 is 1. The van der Waals surface area contributed by atoms with Crippen LogP contribution in [0.4, 0.5) is 0 Å². The summed E-state index contributed by atoms with van der Waals surface area (Å²) in [5.41, 5.74) is 5.00. The molecule has 0 saturated heterocycles. The van der Waals surface area contributed by atoms with Crippen LogP contribution in [-0.2, 0) is 0 Å². The molecule has 1 aliphatic heterocycles. The van der Waals surface area contributed by atoms with Crippen molar-refractivity contribution in [1.29, 1.82) is 0 Å². The molecule has 5 nitrogen and oxygen atoms in total. The molecule has 0 fully saturated rings. The van der Waals surface area contributed by atoms with Gasteiger partial charge in [0.1, 0.15) is 17.6 Å². The Balaban J connectivity index is 1.70. The van der Waals surface area contributed by atoms with Crippen molar-refractivity contribution in [3.05, 3.63) is 82.5 Å². The predicted molar refractivity (Wildman–Crippen MR) is 96.0 cm³/mol. The molecule has 126 valence electrons. The van der Waals surface area contributed by atoms with E-state index in [1.54, 1.807) is 18.4 Å². The van der Waals surface area contributed by atoms with E-state index >= 15 is 0 Å². The van der Waals surface area contributed by atoms with Crippen molar-refractivity contribution in [2.24, 2.45) is 0 Å². The maximum Gasteiger partial charge on any atom is 0.283 e. The predicted octanol–water partition coefficient (Wildman–Crippen LogP) is 4.09. The number of nitrogens with zero attached hydrogens (tertiary/aromatic N) is 1. The van der Waals surface area contributed by atoms with Crippen LogP contribution < -0.4 is 10.2 Å². The Bertz CT molecular complexity index is 901. The van der Waals surface area contributed by atoms with Gasteiger partial charge in [0.15, 0.2) is 0 Å². The smallest absolute Gasteiger partial charge is 0.283 e. The minimum atomic E-state index is -0.314. The number of hydrogen-bond acceptors (Lipinski definition) is 5. The number of nitrogens with one attached hydrogen (secondary N) is 1.